The van der Waals surface area contributed by atoms with Crippen molar-refractivity contribution < 1.29 is 17.9 Å². The lowest BCUT2D eigenvalue weighted by atomic mass is 10.1. The molecule has 0 aliphatic carbocycles. The third-order valence-corrected chi connectivity index (χ3v) is 7.97. The number of carbonyl (C=O) groups excluding carboxylic acids is 1. The number of carbonyl (C=O) groups is 1. The fraction of sp³-hybridized carbons (Fsp3) is 0.300. The van der Waals surface area contributed by atoms with Crippen molar-refractivity contribution in [1.82, 2.24) is 14.5 Å². The summed E-state index contributed by atoms with van der Waals surface area (Å²) in [6.07, 6.45) is 2.70. The van der Waals surface area contributed by atoms with Crippen molar-refractivity contribution in [3.63, 3.8) is 0 Å². The van der Waals surface area contributed by atoms with Gasteiger partial charge in [0.05, 0.1) is 12.8 Å². The summed E-state index contributed by atoms with van der Waals surface area (Å²) in [5.41, 5.74) is 1.48. The third-order valence-electron chi connectivity index (χ3n) is 4.98. The van der Waals surface area contributed by atoms with Crippen LogP contribution in [0.4, 0.5) is 5.82 Å². The largest absolute Gasteiger partial charge is 0.496 e. The first-order chi connectivity index (χ1) is 14.5. The van der Waals surface area contributed by atoms with Gasteiger partial charge in [0, 0.05) is 24.7 Å². The number of nitrogens with one attached hydrogen (secondary N) is 2. The van der Waals surface area contributed by atoms with Gasteiger partial charge in [-0.25, -0.2) is 8.42 Å². The van der Waals surface area contributed by atoms with Crippen LogP contribution in [0.5, 0.6) is 5.75 Å². The Balaban J connectivity index is 1.55. The number of nitrogens with zero attached hydrogens (tertiary/aromatic N) is 2. The number of anilines is 1. The molecule has 10 heteroatoms. The minimum Gasteiger partial charge on any atom is -0.496 e. The molecular formula is C20H22N4O4S2. The van der Waals surface area contributed by atoms with Crippen LogP contribution in [0.25, 0.3) is 11.3 Å². The normalized spacial score (nSPS) is 15.1. The Labute approximate surface area is 178 Å². The zero-order valence-corrected chi connectivity index (χ0v) is 18.1. The van der Waals surface area contributed by atoms with Crippen molar-refractivity contribution in [1.29, 1.82) is 0 Å². The Morgan fingerprint density at radius 1 is 1.20 bits per heavy atom. The van der Waals surface area contributed by atoms with Gasteiger partial charge in [-0.3, -0.25) is 9.89 Å². The van der Waals surface area contributed by atoms with Crippen molar-refractivity contribution in [2.24, 2.45) is 0 Å². The highest BCUT2D eigenvalue weighted by Gasteiger charge is 2.31. The molecule has 1 aliphatic rings. The number of sulfonamides is 1. The molecule has 8 nitrogen and oxygen atoms in total. The predicted molar refractivity (Wildman–Crippen MR) is 115 cm³/mol. The van der Waals surface area contributed by atoms with E-state index in [1.54, 1.807) is 18.6 Å². The molecule has 2 aromatic heterocycles. The Hall–Kier alpha value is -2.69. The van der Waals surface area contributed by atoms with E-state index in [0.29, 0.717) is 30.4 Å². The number of hydrogen-bond acceptors (Lipinski definition) is 6. The molecule has 2 N–H and O–H groups in total. The molecule has 3 aromatic rings. The SMILES string of the molecule is COc1ccccc1-c1cc(NC(=O)c2sccc2S(=O)(=O)N2CCCCC2)n[nH]1. The molecule has 0 spiro atoms. The lowest BCUT2D eigenvalue weighted by Crippen LogP contribution is -2.36. The molecule has 0 unspecified atom stereocenters. The van der Waals surface area contributed by atoms with Crippen molar-refractivity contribution in [2.45, 2.75) is 24.2 Å². The highest BCUT2D eigenvalue weighted by Crippen LogP contribution is 2.31. The zero-order valence-electron chi connectivity index (χ0n) is 16.4. The topological polar surface area (TPSA) is 104 Å². The molecule has 0 saturated carbocycles. The zero-order chi connectivity index (χ0) is 21.1. The molecule has 0 atom stereocenters. The van der Waals surface area contributed by atoms with Crippen LogP contribution in [-0.4, -0.2) is 49.0 Å². The van der Waals surface area contributed by atoms with Crippen LogP contribution < -0.4 is 10.1 Å². The maximum absolute atomic E-state index is 13.0. The Morgan fingerprint density at radius 2 is 1.97 bits per heavy atom. The second-order valence-electron chi connectivity index (χ2n) is 6.90. The number of aromatic nitrogens is 2. The van der Waals surface area contributed by atoms with E-state index >= 15 is 0 Å². The van der Waals surface area contributed by atoms with Crippen molar-refractivity contribution in [2.75, 3.05) is 25.5 Å². The molecule has 158 valence electrons. The number of thiophene rings is 1. The van der Waals surface area contributed by atoms with Gasteiger partial charge in [-0.1, -0.05) is 18.6 Å². The summed E-state index contributed by atoms with van der Waals surface area (Å²) in [7, 11) is -2.11. The van der Waals surface area contributed by atoms with Gasteiger partial charge in [0.2, 0.25) is 10.0 Å². The summed E-state index contributed by atoms with van der Waals surface area (Å²) in [5, 5.41) is 11.3. The number of methoxy groups -OCH3 is 1. The Kier molecular flexibility index (Phi) is 5.89. The average molecular weight is 447 g/mol. The smallest absolute Gasteiger partial charge is 0.268 e. The quantitative estimate of drug-likeness (QED) is 0.602. The molecule has 1 aliphatic heterocycles. The summed E-state index contributed by atoms with van der Waals surface area (Å²) < 4.78 is 32.8. The maximum atomic E-state index is 13.0. The monoisotopic (exact) mass is 446 g/mol. The molecule has 4 rings (SSSR count). The van der Waals surface area contributed by atoms with Gasteiger partial charge in [-0.15, -0.1) is 11.3 Å². The molecule has 30 heavy (non-hydrogen) atoms. The van der Waals surface area contributed by atoms with E-state index in [2.05, 4.69) is 15.5 Å². The number of hydrogen-bond donors (Lipinski definition) is 2. The van der Waals surface area contributed by atoms with E-state index < -0.39 is 15.9 Å². The maximum Gasteiger partial charge on any atom is 0.268 e. The van der Waals surface area contributed by atoms with Crippen molar-refractivity contribution in [3.05, 3.63) is 46.7 Å². The molecule has 1 amide bonds. The molecule has 0 bridgehead atoms. The Morgan fingerprint density at radius 3 is 2.73 bits per heavy atom. The number of benzene rings is 1. The van der Waals surface area contributed by atoms with Crippen LogP contribution in [0.1, 0.15) is 28.9 Å². The van der Waals surface area contributed by atoms with Crippen LogP contribution in [0, 0.1) is 0 Å². The van der Waals surface area contributed by atoms with E-state index in [4.69, 9.17) is 4.74 Å². The summed E-state index contributed by atoms with van der Waals surface area (Å²) in [4.78, 5) is 13.0. The molecule has 3 heterocycles. The number of piperidine rings is 1. The molecule has 1 aromatic carbocycles. The van der Waals surface area contributed by atoms with E-state index in [1.165, 1.54) is 10.4 Å². The number of H-pyrrole nitrogens is 1. The summed E-state index contributed by atoms with van der Waals surface area (Å²) >= 11 is 1.10. The minimum atomic E-state index is -3.70. The lowest BCUT2D eigenvalue weighted by Gasteiger charge is -2.25. The standard InChI is InChI=1S/C20H22N4O4S2/c1-28-16-8-4-3-7-14(16)15-13-18(23-22-15)21-20(25)19-17(9-12-29-19)30(26,27)24-10-5-2-6-11-24/h3-4,7-9,12-13H,2,5-6,10-11H2,1H3,(H2,21,22,23,25). The summed E-state index contributed by atoms with van der Waals surface area (Å²) in [5.74, 6) is 0.474. The highest BCUT2D eigenvalue weighted by atomic mass is 32.2. The number of amides is 1. The molecule has 1 fully saturated rings. The van der Waals surface area contributed by atoms with E-state index in [0.717, 1.165) is 36.2 Å². The van der Waals surface area contributed by atoms with Crippen LogP contribution in [0.2, 0.25) is 0 Å². The van der Waals surface area contributed by atoms with Gasteiger partial charge >= 0.3 is 0 Å². The molecule has 0 radical (unpaired) electrons. The van der Waals surface area contributed by atoms with Crippen molar-refractivity contribution >= 4 is 33.1 Å². The Bertz CT molecular complexity index is 1150. The van der Waals surface area contributed by atoms with Gasteiger partial charge in [-0.2, -0.15) is 9.40 Å². The van der Waals surface area contributed by atoms with Crippen molar-refractivity contribution in [3.8, 4) is 17.0 Å². The lowest BCUT2D eigenvalue weighted by molar-refractivity contribution is 0.102. The number of rotatable bonds is 6. The van der Waals surface area contributed by atoms with Gasteiger partial charge < -0.3 is 10.1 Å². The van der Waals surface area contributed by atoms with Crippen LogP contribution in [-0.2, 0) is 10.0 Å². The minimum absolute atomic E-state index is 0.0485. The fourth-order valence-electron chi connectivity index (χ4n) is 3.47. The van der Waals surface area contributed by atoms with Gasteiger partial charge in [0.15, 0.2) is 5.82 Å². The highest BCUT2D eigenvalue weighted by molar-refractivity contribution is 7.89. The summed E-state index contributed by atoms with van der Waals surface area (Å²) in [6, 6.07) is 10.6. The first kappa shape index (κ1) is 20.6. The average Bonchev–Trinajstić information content (AvgIpc) is 3.44. The first-order valence-electron chi connectivity index (χ1n) is 9.58. The second kappa shape index (κ2) is 8.58. The number of para-hydroxylation sites is 1. The first-order valence-corrected chi connectivity index (χ1v) is 11.9. The van der Waals surface area contributed by atoms with Gasteiger partial charge in [-0.05, 0) is 36.4 Å². The predicted octanol–water partition coefficient (Wildman–Crippen LogP) is 3.57. The van der Waals surface area contributed by atoms with Crippen LogP contribution in [0.3, 0.4) is 0 Å². The van der Waals surface area contributed by atoms with Gasteiger partial charge in [0.25, 0.3) is 5.91 Å². The molecular weight excluding hydrogens is 424 g/mol. The molecule has 1 saturated heterocycles. The fourth-order valence-corrected chi connectivity index (χ4v) is 6.29. The van der Waals surface area contributed by atoms with E-state index in [9.17, 15) is 13.2 Å². The second-order valence-corrected chi connectivity index (χ2v) is 9.72. The van der Waals surface area contributed by atoms with E-state index in [1.807, 2.05) is 24.3 Å². The van der Waals surface area contributed by atoms with Crippen LogP contribution in [0.15, 0.2) is 46.7 Å². The summed E-state index contributed by atoms with van der Waals surface area (Å²) in [6.45, 7) is 0.974. The third kappa shape index (κ3) is 3.98. The number of aromatic amines is 1. The van der Waals surface area contributed by atoms with Gasteiger partial charge in [0.1, 0.15) is 15.5 Å². The van der Waals surface area contributed by atoms with Crippen LogP contribution >= 0.6 is 11.3 Å². The van der Waals surface area contributed by atoms with E-state index in [-0.39, 0.29) is 9.77 Å². The number of ether oxygens (including phenoxy) is 1.